The molecule has 2 N–H and O–H groups in total. The second-order valence-electron chi connectivity index (χ2n) is 3.85. The first-order valence-electron chi connectivity index (χ1n) is 5.13. The van der Waals surface area contributed by atoms with Gasteiger partial charge in [-0.3, -0.25) is 0 Å². The molecule has 0 fully saturated rings. The summed E-state index contributed by atoms with van der Waals surface area (Å²) in [5.74, 6) is 1.35. The second-order valence-corrected chi connectivity index (χ2v) is 7.20. The van der Waals surface area contributed by atoms with Crippen LogP contribution in [0.5, 0.6) is 0 Å². The fourth-order valence-electron chi connectivity index (χ4n) is 1.12. The molecule has 0 radical (unpaired) electrons. The Kier molecular flexibility index (Phi) is 4.96. The van der Waals surface area contributed by atoms with Gasteiger partial charge in [0.2, 0.25) is 5.89 Å². The summed E-state index contributed by atoms with van der Waals surface area (Å²) < 4.78 is 27.6. The monoisotopic (exact) mass is 279 g/mol. The number of nitrogens with two attached hydrogens (primary N) is 1. The van der Waals surface area contributed by atoms with E-state index in [-0.39, 0.29) is 11.9 Å². The van der Waals surface area contributed by atoms with Crippen molar-refractivity contribution in [2.45, 2.75) is 24.6 Å². The van der Waals surface area contributed by atoms with Crippen LogP contribution in [0.2, 0.25) is 0 Å². The van der Waals surface area contributed by atoms with E-state index in [1.54, 1.807) is 11.8 Å². The van der Waals surface area contributed by atoms with E-state index in [1.165, 1.54) is 6.92 Å². The fraction of sp³-hybridized carbons (Fsp3) is 0.778. The third-order valence-electron chi connectivity index (χ3n) is 2.41. The molecule has 0 saturated carbocycles. The third kappa shape index (κ3) is 3.97. The van der Waals surface area contributed by atoms with Crippen LogP contribution in [-0.2, 0) is 9.84 Å². The number of nitrogens with zero attached hydrogens (tertiary/aromatic N) is 2. The second kappa shape index (κ2) is 5.83. The van der Waals surface area contributed by atoms with E-state index in [1.807, 2.05) is 6.26 Å². The van der Waals surface area contributed by atoms with E-state index in [9.17, 15) is 8.42 Å². The maximum absolute atomic E-state index is 11.3. The Morgan fingerprint density at radius 2 is 2.18 bits per heavy atom. The summed E-state index contributed by atoms with van der Waals surface area (Å²) in [7, 11) is -3.22. The molecule has 0 amide bonds. The molecule has 2 atom stereocenters. The summed E-state index contributed by atoms with van der Waals surface area (Å²) in [6.07, 6.45) is 3.84. The number of thioether (sulfide) groups is 1. The van der Waals surface area contributed by atoms with Crippen molar-refractivity contribution in [2.24, 2.45) is 5.73 Å². The zero-order valence-corrected chi connectivity index (χ0v) is 11.7. The predicted octanol–water partition coefficient (Wildman–Crippen LogP) is 0.928. The van der Waals surface area contributed by atoms with E-state index < -0.39 is 15.1 Å². The molecular formula is C9H17N3O3S2. The highest BCUT2D eigenvalue weighted by molar-refractivity contribution is 7.98. The summed E-state index contributed by atoms with van der Waals surface area (Å²) >= 11 is 1.68. The van der Waals surface area contributed by atoms with Crippen molar-refractivity contribution in [1.29, 1.82) is 0 Å². The molecule has 17 heavy (non-hydrogen) atoms. The highest BCUT2D eigenvalue weighted by Gasteiger charge is 2.24. The summed E-state index contributed by atoms with van der Waals surface area (Å²) in [4.78, 5) is 4.04. The SMILES string of the molecule is CSCC[C@H](N)c1nc(C(C)S(C)(=O)=O)no1. The first-order chi connectivity index (χ1) is 7.86. The molecule has 1 aromatic heterocycles. The van der Waals surface area contributed by atoms with Gasteiger partial charge in [-0.25, -0.2) is 8.42 Å². The number of sulfone groups is 1. The molecule has 98 valence electrons. The highest BCUT2D eigenvalue weighted by Crippen LogP contribution is 2.20. The van der Waals surface area contributed by atoms with Gasteiger partial charge in [-0.1, -0.05) is 5.16 Å². The van der Waals surface area contributed by atoms with Gasteiger partial charge in [0, 0.05) is 6.26 Å². The lowest BCUT2D eigenvalue weighted by Crippen LogP contribution is -2.13. The Bertz CT molecular complexity index is 458. The lowest BCUT2D eigenvalue weighted by molar-refractivity contribution is 0.348. The normalized spacial score (nSPS) is 15.8. The van der Waals surface area contributed by atoms with Crippen molar-refractivity contribution in [3.63, 3.8) is 0 Å². The van der Waals surface area contributed by atoms with Gasteiger partial charge in [0.25, 0.3) is 0 Å². The van der Waals surface area contributed by atoms with Gasteiger partial charge >= 0.3 is 0 Å². The van der Waals surface area contributed by atoms with Crippen molar-refractivity contribution >= 4 is 21.6 Å². The van der Waals surface area contributed by atoms with Crippen LogP contribution < -0.4 is 5.73 Å². The van der Waals surface area contributed by atoms with Gasteiger partial charge in [-0.15, -0.1) is 0 Å². The largest absolute Gasteiger partial charge is 0.338 e. The van der Waals surface area contributed by atoms with Crippen molar-refractivity contribution in [1.82, 2.24) is 10.1 Å². The average molecular weight is 279 g/mol. The van der Waals surface area contributed by atoms with Crippen LogP contribution in [0, 0.1) is 0 Å². The van der Waals surface area contributed by atoms with Crippen molar-refractivity contribution < 1.29 is 12.9 Å². The summed E-state index contributed by atoms with van der Waals surface area (Å²) in [6.45, 7) is 1.53. The minimum absolute atomic E-state index is 0.169. The predicted molar refractivity (Wildman–Crippen MR) is 67.5 cm³/mol. The van der Waals surface area contributed by atoms with Crippen LogP contribution >= 0.6 is 11.8 Å². The van der Waals surface area contributed by atoms with Crippen LogP contribution in [0.25, 0.3) is 0 Å². The number of rotatable bonds is 6. The molecule has 0 spiro atoms. The first kappa shape index (κ1) is 14.5. The van der Waals surface area contributed by atoms with Crippen LogP contribution in [-0.4, -0.2) is 36.8 Å². The van der Waals surface area contributed by atoms with E-state index in [2.05, 4.69) is 10.1 Å². The molecule has 1 rings (SSSR count). The Hall–Kier alpha value is -0.600. The lowest BCUT2D eigenvalue weighted by Gasteiger charge is -2.04. The van der Waals surface area contributed by atoms with Crippen molar-refractivity contribution in [3.8, 4) is 0 Å². The molecule has 6 nitrogen and oxygen atoms in total. The number of hydrogen-bond donors (Lipinski definition) is 1. The molecule has 0 aliphatic rings. The van der Waals surface area contributed by atoms with Crippen LogP contribution in [0.1, 0.15) is 36.4 Å². The average Bonchev–Trinajstić information content (AvgIpc) is 2.72. The van der Waals surface area contributed by atoms with E-state index >= 15 is 0 Å². The Morgan fingerprint density at radius 1 is 1.53 bits per heavy atom. The molecule has 0 bridgehead atoms. The van der Waals surface area contributed by atoms with E-state index in [0.717, 1.165) is 18.4 Å². The van der Waals surface area contributed by atoms with Crippen LogP contribution in [0.3, 0.4) is 0 Å². The third-order valence-corrected chi connectivity index (χ3v) is 4.55. The van der Waals surface area contributed by atoms with Crippen LogP contribution in [0.15, 0.2) is 4.52 Å². The Morgan fingerprint density at radius 3 is 2.71 bits per heavy atom. The number of hydrogen-bond acceptors (Lipinski definition) is 7. The van der Waals surface area contributed by atoms with Gasteiger partial charge in [0.15, 0.2) is 15.7 Å². The summed E-state index contributed by atoms with van der Waals surface area (Å²) in [5, 5.41) is 2.89. The molecule has 1 unspecified atom stereocenters. The molecule has 0 aliphatic heterocycles. The topological polar surface area (TPSA) is 99.1 Å². The van der Waals surface area contributed by atoms with Gasteiger partial charge in [0.05, 0.1) is 6.04 Å². The maximum atomic E-state index is 11.3. The highest BCUT2D eigenvalue weighted by atomic mass is 32.2. The molecule has 0 aromatic carbocycles. The maximum Gasteiger partial charge on any atom is 0.243 e. The minimum atomic E-state index is -3.22. The smallest absolute Gasteiger partial charge is 0.243 e. The van der Waals surface area contributed by atoms with E-state index in [0.29, 0.717) is 5.89 Å². The van der Waals surface area contributed by atoms with Crippen molar-refractivity contribution in [3.05, 3.63) is 11.7 Å². The standard InChI is InChI=1S/C9H17N3O3S2/c1-6(17(3,13)14)8-11-9(15-12-8)7(10)4-5-16-2/h6-7H,4-5,10H2,1-3H3/t6?,7-/m0/s1. The minimum Gasteiger partial charge on any atom is -0.338 e. The van der Waals surface area contributed by atoms with Crippen LogP contribution in [0.4, 0.5) is 0 Å². The van der Waals surface area contributed by atoms with Gasteiger partial charge < -0.3 is 10.3 Å². The zero-order valence-electron chi connectivity index (χ0n) is 10.1. The zero-order chi connectivity index (χ0) is 13.1. The lowest BCUT2D eigenvalue weighted by atomic mass is 10.2. The molecule has 1 heterocycles. The first-order valence-corrected chi connectivity index (χ1v) is 8.48. The number of aromatic nitrogens is 2. The van der Waals surface area contributed by atoms with E-state index in [4.69, 9.17) is 10.3 Å². The molecule has 1 aromatic rings. The summed E-state index contributed by atoms with van der Waals surface area (Å²) in [6, 6.07) is -0.338. The molecule has 0 saturated heterocycles. The molecule has 0 aliphatic carbocycles. The Labute approximate surface area is 105 Å². The molecule has 8 heteroatoms. The van der Waals surface area contributed by atoms with Gasteiger partial charge in [-0.2, -0.15) is 16.7 Å². The van der Waals surface area contributed by atoms with Gasteiger partial charge in [0.1, 0.15) is 5.25 Å². The van der Waals surface area contributed by atoms with Gasteiger partial charge in [-0.05, 0) is 25.4 Å². The summed E-state index contributed by atoms with van der Waals surface area (Å²) in [5.41, 5.74) is 5.84. The quantitative estimate of drug-likeness (QED) is 0.826. The van der Waals surface area contributed by atoms with Crippen molar-refractivity contribution in [2.75, 3.05) is 18.3 Å². The molecular weight excluding hydrogens is 262 g/mol. The Balaban J connectivity index is 2.78. The fourth-order valence-corrected chi connectivity index (χ4v) is 2.09.